The van der Waals surface area contributed by atoms with Gasteiger partial charge in [-0.3, -0.25) is 10.1 Å². The Balaban J connectivity index is 2.67. The molecule has 1 aromatic rings. The standard InChI is InChI=1S/C10H12ClNO4/c11-8-3-4-10(9(7-8)12(14)15)16-6-2-1-5-13/h3-4,7,13H,1-2,5-6H2. The summed E-state index contributed by atoms with van der Waals surface area (Å²) >= 11 is 5.65. The number of ether oxygens (including phenoxy) is 1. The van der Waals surface area contributed by atoms with E-state index >= 15 is 0 Å². The van der Waals surface area contributed by atoms with E-state index in [2.05, 4.69) is 0 Å². The largest absolute Gasteiger partial charge is 0.487 e. The summed E-state index contributed by atoms with van der Waals surface area (Å²) < 4.78 is 5.24. The van der Waals surface area contributed by atoms with Gasteiger partial charge < -0.3 is 9.84 Å². The Labute approximate surface area is 97.8 Å². The molecule has 88 valence electrons. The molecular weight excluding hydrogens is 234 g/mol. The Morgan fingerprint density at radius 2 is 2.19 bits per heavy atom. The van der Waals surface area contributed by atoms with Crippen LogP contribution in [0.25, 0.3) is 0 Å². The van der Waals surface area contributed by atoms with Crippen molar-refractivity contribution in [1.29, 1.82) is 0 Å². The van der Waals surface area contributed by atoms with Gasteiger partial charge in [-0.25, -0.2) is 0 Å². The predicted molar refractivity (Wildman–Crippen MR) is 59.9 cm³/mol. The number of nitro benzene ring substituents is 1. The summed E-state index contributed by atoms with van der Waals surface area (Å²) in [4.78, 5) is 10.2. The second kappa shape index (κ2) is 6.30. The Morgan fingerprint density at radius 3 is 2.81 bits per heavy atom. The maximum Gasteiger partial charge on any atom is 0.312 e. The molecule has 0 heterocycles. The minimum atomic E-state index is -0.534. The molecule has 0 bridgehead atoms. The summed E-state index contributed by atoms with van der Waals surface area (Å²) in [5.74, 6) is 0.201. The number of aliphatic hydroxyl groups excluding tert-OH is 1. The molecule has 0 aliphatic heterocycles. The zero-order chi connectivity index (χ0) is 12.0. The van der Waals surface area contributed by atoms with Crippen LogP contribution in [0.1, 0.15) is 12.8 Å². The molecule has 0 saturated heterocycles. The molecule has 0 radical (unpaired) electrons. The minimum Gasteiger partial charge on any atom is -0.487 e. The minimum absolute atomic E-state index is 0.0894. The molecule has 0 atom stereocenters. The van der Waals surface area contributed by atoms with Crippen LogP contribution in [0.15, 0.2) is 18.2 Å². The van der Waals surface area contributed by atoms with Crippen LogP contribution in [0.3, 0.4) is 0 Å². The van der Waals surface area contributed by atoms with E-state index in [1.807, 2.05) is 0 Å². The van der Waals surface area contributed by atoms with Gasteiger partial charge in [0, 0.05) is 17.7 Å². The van der Waals surface area contributed by atoms with E-state index in [0.717, 1.165) is 0 Å². The van der Waals surface area contributed by atoms with Gasteiger partial charge in [-0.15, -0.1) is 0 Å². The third-order valence-corrected chi connectivity index (χ3v) is 2.16. The zero-order valence-corrected chi connectivity index (χ0v) is 9.31. The molecule has 0 unspecified atom stereocenters. The lowest BCUT2D eigenvalue weighted by Crippen LogP contribution is -2.01. The summed E-state index contributed by atoms with van der Waals surface area (Å²) in [5, 5.41) is 19.6. The van der Waals surface area contributed by atoms with Gasteiger partial charge in [0.05, 0.1) is 11.5 Å². The van der Waals surface area contributed by atoms with Crippen molar-refractivity contribution in [2.45, 2.75) is 12.8 Å². The van der Waals surface area contributed by atoms with Crippen LogP contribution in [0.5, 0.6) is 5.75 Å². The van der Waals surface area contributed by atoms with E-state index < -0.39 is 4.92 Å². The van der Waals surface area contributed by atoms with Gasteiger partial charge in [0.1, 0.15) is 0 Å². The summed E-state index contributed by atoms with van der Waals surface area (Å²) in [7, 11) is 0. The summed E-state index contributed by atoms with van der Waals surface area (Å²) in [5.41, 5.74) is -0.142. The number of rotatable bonds is 6. The third kappa shape index (κ3) is 3.67. The van der Waals surface area contributed by atoms with Gasteiger partial charge in [0.15, 0.2) is 5.75 Å². The molecule has 16 heavy (non-hydrogen) atoms. The number of halogens is 1. The first-order valence-corrected chi connectivity index (χ1v) is 5.20. The molecule has 0 aromatic heterocycles. The van der Waals surface area contributed by atoms with Crippen LogP contribution in [-0.2, 0) is 0 Å². The summed E-state index contributed by atoms with van der Waals surface area (Å²) in [6.45, 7) is 0.426. The lowest BCUT2D eigenvalue weighted by Gasteiger charge is -2.06. The highest BCUT2D eigenvalue weighted by Crippen LogP contribution is 2.29. The highest BCUT2D eigenvalue weighted by atomic mass is 35.5. The van der Waals surface area contributed by atoms with Gasteiger partial charge in [-0.2, -0.15) is 0 Å². The highest BCUT2D eigenvalue weighted by molar-refractivity contribution is 6.30. The van der Waals surface area contributed by atoms with Crippen molar-refractivity contribution in [3.63, 3.8) is 0 Å². The first kappa shape index (κ1) is 12.7. The first-order valence-electron chi connectivity index (χ1n) is 4.82. The van der Waals surface area contributed by atoms with Crippen LogP contribution in [0.4, 0.5) is 5.69 Å². The molecular formula is C10H12ClNO4. The van der Waals surface area contributed by atoms with Crippen LogP contribution in [0, 0.1) is 10.1 Å². The van der Waals surface area contributed by atoms with Gasteiger partial charge in [0.25, 0.3) is 0 Å². The normalized spacial score (nSPS) is 10.1. The second-order valence-electron chi connectivity index (χ2n) is 3.15. The van der Waals surface area contributed by atoms with Gasteiger partial charge >= 0.3 is 5.69 Å². The Kier molecular flexibility index (Phi) is 5.01. The molecule has 1 N–H and O–H groups in total. The Bertz CT molecular complexity index is 370. The van der Waals surface area contributed by atoms with Crippen molar-refractivity contribution in [2.75, 3.05) is 13.2 Å². The number of hydrogen-bond donors (Lipinski definition) is 1. The van der Waals surface area contributed by atoms with E-state index in [-0.39, 0.29) is 18.0 Å². The number of benzene rings is 1. The lowest BCUT2D eigenvalue weighted by molar-refractivity contribution is -0.385. The van der Waals surface area contributed by atoms with Gasteiger partial charge in [-0.1, -0.05) is 11.6 Å². The summed E-state index contributed by atoms with van der Waals surface area (Å²) in [6.07, 6.45) is 1.26. The van der Waals surface area contributed by atoms with Crippen molar-refractivity contribution in [3.05, 3.63) is 33.3 Å². The van der Waals surface area contributed by atoms with Crippen LogP contribution >= 0.6 is 11.6 Å². The van der Waals surface area contributed by atoms with E-state index in [0.29, 0.717) is 24.5 Å². The van der Waals surface area contributed by atoms with E-state index in [9.17, 15) is 10.1 Å². The molecule has 0 amide bonds. The molecule has 0 fully saturated rings. The molecule has 1 rings (SSSR count). The van der Waals surface area contributed by atoms with Crippen molar-refractivity contribution >= 4 is 17.3 Å². The maximum atomic E-state index is 10.7. The third-order valence-electron chi connectivity index (χ3n) is 1.93. The Hall–Kier alpha value is -1.33. The number of aliphatic hydroxyl groups is 1. The summed E-state index contributed by atoms with van der Waals surface area (Å²) in [6, 6.07) is 4.26. The second-order valence-corrected chi connectivity index (χ2v) is 3.58. The van der Waals surface area contributed by atoms with Crippen molar-refractivity contribution in [3.8, 4) is 5.75 Å². The van der Waals surface area contributed by atoms with Crippen LogP contribution in [0.2, 0.25) is 5.02 Å². The fourth-order valence-electron chi connectivity index (χ4n) is 1.15. The van der Waals surface area contributed by atoms with Crippen molar-refractivity contribution in [1.82, 2.24) is 0 Å². The van der Waals surface area contributed by atoms with E-state index in [4.69, 9.17) is 21.4 Å². The molecule has 5 nitrogen and oxygen atoms in total. The predicted octanol–water partition coefficient (Wildman–Crippen LogP) is 2.40. The van der Waals surface area contributed by atoms with Gasteiger partial charge in [-0.05, 0) is 25.0 Å². The molecule has 6 heteroatoms. The highest BCUT2D eigenvalue weighted by Gasteiger charge is 2.15. The van der Waals surface area contributed by atoms with Gasteiger partial charge in [0.2, 0.25) is 0 Å². The molecule has 0 saturated carbocycles. The molecule has 0 aliphatic carbocycles. The lowest BCUT2D eigenvalue weighted by atomic mass is 10.3. The number of hydrogen-bond acceptors (Lipinski definition) is 4. The number of unbranched alkanes of at least 4 members (excludes halogenated alkanes) is 1. The number of nitrogens with zero attached hydrogens (tertiary/aromatic N) is 1. The van der Waals surface area contributed by atoms with E-state index in [1.54, 1.807) is 0 Å². The molecule has 1 aromatic carbocycles. The van der Waals surface area contributed by atoms with Crippen molar-refractivity contribution < 1.29 is 14.8 Å². The number of nitro groups is 1. The average Bonchev–Trinajstić information content (AvgIpc) is 2.26. The van der Waals surface area contributed by atoms with E-state index in [1.165, 1.54) is 18.2 Å². The fraction of sp³-hybridized carbons (Fsp3) is 0.400. The van der Waals surface area contributed by atoms with Crippen molar-refractivity contribution in [2.24, 2.45) is 0 Å². The smallest absolute Gasteiger partial charge is 0.312 e. The molecule has 0 spiro atoms. The van der Waals surface area contributed by atoms with Crippen LogP contribution < -0.4 is 4.74 Å². The quantitative estimate of drug-likeness (QED) is 0.475. The topological polar surface area (TPSA) is 72.6 Å². The SMILES string of the molecule is O=[N+]([O-])c1cc(Cl)ccc1OCCCCO. The Morgan fingerprint density at radius 1 is 1.44 bits per heavy atom. The maximum absolute atomic E-state index is 10.7. The molecule has 0 aliphatic rings. The zero-order valence-electron chi connectivity index (χ0n) is 8.56. The first-order chi connectivity index (χ1) is 7.65. The fourth-order valence-corrected chi connectivity index (χ4v) is 1.32. The average molecular weight is 246 g/mol. The monoisotopic (exact) mass is 245 g/mol. The van der Waals surface area contributed by atoms with Crippen LogP contribution in [-0.4, -0.2) is 23.2 Å².